The Balaban J connectivity index is 1.56. The SMILES string of the molecule is CC(=O)N[C@@H](CCCN=C(N)N)C(=O)N[C@H]1CC(=O)NCCCC[C@@H](C(N)=O)NC(=O)[C@H](Cc2c[nH]c3ccccc23)NC(=O)[C@H](CCCN=C(N)N)NC(=O)[C@@H](Cc2ccccc2)NC(=O)[C@H](CNC(=O)[C@H]2CCNC2)NC1=O. The van der Waals surface area contributed by atoms with E-state index in [1.807, 2.05) is 18.2 Å². The van der Waals surface area contributed by atoms with Crippen molar-refractivity contribution in [3.05, 3.63) is 71.9 Å². The monoisotopic (exact) mass is 1110 g/mol. The second-order valence-electron chi connectivity index (χ2n) is 19.7. The summed E-state index contributed by atoms with van der Waals surface area (Å²) in [4.78, 5) is 150. The number of primary amides is 1. The number of nitrogens with zero attached hydrogens (tertiary/aromatic N) is 2. The summed E-state index contributed by atoms with van der Waals surface area (Å²) in [7, 11) is 0. The minimum Gasteiger partial charge on any atom is -0.370 e. The molecular weight excluding hydrogens is 1040 g/mol. The molecule has 0 aliphatic carbocycles. The summed E-state index contributed by atoms with van der Waals surface area (Å²) in [5.74, 6) is -8.96. The van der Waals surface area contributed by atoms with E-state index < -0.39 is 120 Å². The number of aromatic amines is 1. The molecule has 0 unspecified atom stereocenters. The van der Waals surface area contributed by atoms with Gasteiger partial charge < -0.3 is 86.8 Å². The summed E-state index contributed by atoms with van der Waals surface area (Å²) in [5, 5.41) is 27.7. The second-order valence-corrected chi connectivity index (χ2v) is 19.7. The molecule has 0 spiro atoms. The number of hydrogen-bond acceptors (Lipinski definition) is 13. The van der Waals surface area contributed by atoms with Crippen LogP contribution >= 0.6 is 0 Å². The highest BCUT2D eigenvalue weighted by atomic mass is 16.2. The molecule has 0 saturated carbocycles. The Labute approximate surface area is 462 Å². The van der Waals surface area contributed by atoms with Crippen LogP contribution in [0.5, 0.6) is 0 Å². The van der Waals surface area contributed by atoms with E-state index in [0.717, 1.165) is 10.9 Å². The van der Waals surface area contributed by atoms with Crippen molar-refractivity contribution in [3.8, 4) is 0 Å². The van der Waals surface area contributed by atoms with E-state index in [1.54, 1.807) is 42.6 Å². The number of guanidine groups is 2. The third-order valence-corrected chi connectivity index (χ3v) is 13.3. The van der Waals surface area contributed by atoms with E-state index in [9.17, 15) is 47.9 Å². The first-order valence-corrected chi connectivity index (χ1v) is 26.6. The summed E-state index contributed by atoms with van der Waals surface area (Å²) < 4.78 is 0. The fourth-order valence-electron chi connectivity index (χ4n) is 9.10. The third kappa shape index (κ3) is 20.5. The number of nitrogens with one attached hydrogen (secondary N) is 11. The molecule has 434 valence electrons. The lowest BCUT2D eigenvalue weighted by atomic mass is 10.0. The Hall–Kier alpha value is -8.82. The predicted molar refractivity (Wildman–Crippen MR) is 296 cm³/mol. The van der Waals surface area contributed by atoms with Crippen LogP contribution in [-0.2, 0) is 60.8 Å². The zero-order valence-corrected chi connectivity index (χ0v) is 44.8. The second kappa shape index (κ2) is 31.5. The van der Waals surface area contributed by atoms with E-state index in [-0.39, 0.29) is 89.3 Å². The highest BCUT2D eigenvalue weighted by molar-refractivity contribution is 5.99. The molecule has 10 amide bonds. The number of aromatic nitrogens is 1. The minimum atomic E-state index is -1.71. The van der Waals surface area contributed by atoms with Gasteiger partial charge in [-0.25, -0.2) is 0 Å². The molecule has 0 radical (unpaired) electrons. The van der Waals surface area contributed by atoms with Gasteiger partial charge >= 0.3 is 0 Å². The van der Waals surface area contributed by atoms with Gasteiger partial charge in [-0.15, -0.1) is 0 Å². The number of amides is 10. The molecule has 2 fully saturated rings. The number of benzene rings is 2. The zero-order chi connectivity index (χ0) is 58.1. The number of rotatable bonds is 19. The first kappa shape index (κ1) is 62.0. The summed E-state index contributed by atoms with van der Waals surface area (Å²) in [6.07, 6.45) is 1.92. The van der Waals surface area contributed by atoms with Gasteiger partial charge in [0.2, 0.25) is 59.1 Å². The molecule has 2 aromatic carbocycles. The molecule has 3 heterocycles. The Morgan fingerprint density at radius 3 is 1.99 bits per heavy atom. The van der Waals surface area contributed by atoms with Crippen molar-refractivity contribution < 1.29 is 47.9 Å². The normalized spacial score (nSPS) is 22.3. The fourth-order valence-corrected chi connectivity index (χ4v) is 9.10. The molecule has 28 nitrogen and oxygen atoms in total. The maximum absolute atomic E-state index is 14.8. The summed E-state index contributed by atoms with van der Waals surface area (Å²) in [5.41, 5.74) is 29.8. The molecule has 5 rings (SSSR count). The number of para-hydroxylation sites is 1. The molecule has 21 N–H and O–H groups in total. The lowest BCUT2D eigenvalue weighted by Gasteiger charge is -2.28. The number of carbonyl (C=O) groups excluding carboxylic acids is 10. The standard InChI is InChI=1S/C52H76N18O10/c1-29(71)64-36(16-9-20-60-51(54)55)45(75)69-40-25-42(72)59-19-8-7-15-35(43(53)73)65-48(78)39(24-32-27-62-34-14-6-5-13-33(32)34)68-46(76)37(17-10-21-61-52(56)57)66-47(77)38(23-30-11-3-2-4-12-30)67-50(80)41(70-49(40)79)28-63-44(74)31-18-22-58-26-31/h2-6,11-14,27,31,35-41,58,62H,7-10,15-26,28H2,1H3,(H2,53,73)(H,59,72)(H,63,74)(H,64,71)(H,65,78)(H,66,77)(H,67,80)(H,68,76)(H,69,75)(H,70,79)(H4,54,55,60)(H4,56,57,61)/t31-,35-,36-,37-,38+,39-,40-,41-/m0/s1. The van der Waals surface area contributed by atoms with E-state index >= 15 is 0 Å². The van der Waals surface area contributed by atoms with E-state index in [2.05, 4.69) is 68.1 Å². The van der Waals surface area contributed by atoms with Crippen LogP contribution in [0.3, 0.4) is 0 Å². The van der Waals surface area contributed by atoms with Crippen LogP contribution in [0.4, 0.5) is 0 Å². The number of hydrogen-bond donors (Lipinski definition) is 16. The summed E-state index contributed by atoms with van der Waals surface area (Å²) >= 11 is 0. The number of nitrogens with two attached hydrogens (primary N) is 5. The van der Waals surface area contributed by atoms with Crippen LogP contribution in [0, 0.1) is 5.92 Å². The van der Waals surface area contributed by atoms with Crippen molar-refractivity contribution >= 4 is 81.9 Å². The Kier molecular flexibility index (Phi) is 24.5. The maximum atomic E-state index is 14.8. The number of fused-ring (bicyclic) bond motifs is 1. The fraction of sp³-hybridized carbons (Fsp3) is 0.500. The zero-order valence-electron chi connectivity index (χ0n) is 44.8. The maximum Gasteiger partial charge on any atom is 0.245 e. The highest BCUT2D eigenvalue weighted by Crippen LogP contribution is 2.20. The molecule has 1 aromatic heterocycles. The number of H-pyrrole nitrogens is 1. The topological polar surface area (TPSA) is 462 Å². The Morgan fingerprint density at radius 2 is 1.31 bits per heavy atom. The first-order valence-electron chi connectivity index (χ1n) is 26.6. The molecule has 2 aliphatic rings. The predicted octanol–water partition coefficient (Wildman–Crippen LogP) is -4.63. The molecule has 0 bridgehead atoms. The first-order chi connectivity index (χ1) is 38.3. The summed E-state index contributed by atoms with van der Waals surface area (Å²) in [6, 6.07) is 5.70. The molecule has 2 saturated heterocycles. The van der Waals surface area contributed by atoms with Crippen molar-refractivity contribution in [2.75, 3.05) is 39.3 Å². The van der Waals surface area contributed by atoms with E-state index in [1.165, 1.54) is 6.92 Å². The number of aliphatic imine (C=N–C) groups is 2. The molecular formula is C52H76N18O10. The van der Waals surface area contributed by atoms with Crippen molar-refractivity contribution in [1.82, 2.24) is 58.2 Å². The minimum absolute atomic E-state index is 0.00198. The van der Waals surface area contributed by atoms with Gasteiger partial charge in [-0.2, -0.15) is 0 Å². The lowest BCUT2D eigenvalue weighted by Crippen LogP contribution is -2.62. The highest BCUT2D eigenvalue weighted by Gasteiger charge is 2.36. The van der Waals surface area contributed by atoms with E-state index in [0.29, 0.717) is 30.6 Å². The van der Waals surface area contributed by atoms with Gasteiger partial charge in [-0.05, 0) is 75.1 Å². The van der Waals surface area contributed by atoms with Gasteiger partial charge in [0.1, 0.15) is 42.3 Å². The molecule has 8 atom stereocenters. The molecule has 3 aromatic rings. The van der Waals surface area contributed by atoms with Crippen molar-refractivity contribution in [1.29, 1.82) is 0 Å². The van der Waals surface area contributed by atoms with Crippen molar-refractivity contribution in [3.63, 3.8) is 0 Å². The average molecular weight is 1110 g/mol. The quantitative estimate of drug-likeness (QED) is 0.0305. The van der Waals surface area contributed by atoms with Crippen LogP contribution in [0.15, 0.2) is 70.8 Å². The van der Waals surface area contributed by atoms with Crippen LogP contribution in [-0.4, -0.2) is 158 Å². The Bertz CT molecular complexity index is 2700. The smallest absolute Gasteiger partial charge is 0.245 e. The van der Waals surface area contributed by atoms with Crippen LogP contribution in [0.25, 0.3) is 10.9 Å². The van der Waals surface area contributed by atoms with Crippen molar-refractivity contribution in [2.45, 2.75) is 120 Å². The summed E-state index contributed by atoms with van der Waals surface area (Å²) in [6.45, 7) is 1.67. The van der Waals surface area contributed by atoms with Gasteiger partial charge in [0.25, 0.3) is 0 Å². The van der Waals surface area contributed by atoms with Gasteiger partial charge in [0, 0.05) is 69.6 Å². The van der Waals surface area contributed by atoms with Crippen molar-refractivity contribution in [2.24, 2.45) is 44.6 Å². The van der Waals surface area contributed by atoms with Crippen LogP contribution in [0.1, 0.15) is 75.8 Å². The van der Waals surface area contributed by atoms with Crippen LogP contribution < -0.4 is 81.8 Å². The van der Waals surface area contributed by atoms with E-state index in [4.69, 9.17) is 28.7 Å². The van der Waals surface area contributed by atoms with Gasteiger partial charge in [-0.1, -0.05) is 48.5 Å². The molecule has 2 aliphatic heterocycles. The average Bonchev–Trinajstić information content (AvgIpc) is 4.15. The number of carbonyl (C=O) groups is 10. The largest absolute Gasteiger partial charge is 0.370 e. The van der Waals surface area contributed by atoms with Crippen LogP contribution in [0.2, 0.25) is 0 Å². The molecule has 80 heavy (non-hydrogen) atoms. The van der Waals surface area contributed by atoms with Gasteiger partial charge in [0.15, 0.2) is 11.9 Å². The molecule has 28 heteroatoms. The van der Waals surface area contributed by atoms with Gasteiger partial charge in [0.05, 0.1) is 12.3 Å². The third-order valence-electron chi connectivity index (χ3n) is 13.3. The Morgan fingerprint density at radius 1 is 0.688 bits per heavy atom. The lowest BCUT2D eigenvalue weighted by molar-refractivity contribution is -0.136. The van der Waals surface area contributed by atoms with Gasteiger partial charge in [-0.3, -0.25) is 57.9 Å².